The minimum atomic E-state index is -0.888. The van der Waals surface area contributed by atoms with Crippen LogP contribution in [0.15, 0.2) is 48.5 Å². The molecule has 2 aromatic rings. The highest BCUT2D eigenvalue weighted by atomic mass is 16.7. The molecular formula is C14H12N2O5. The van der Waals surface area contributed by atoms with Crippen LogP contribution in [0.25, 0.3) is 0 Å². The number of nitrogens with two attached hydrogens (primary N) is 1. The molecule has 2 N–H and O–H groups in total. The Morgan fingerprint density at radius 1 is 1.10 bits per heavy atom. The minimum absolute atomic E-state index is 0.0477. The molecule has 0 fully saturated rings. The summed E-state index contributed by atoms with van der Waals surface area (Å²) in [6, 6.07) is 12.0. The highest BCUT2D eigenvalue weighted by Gasteiger charge is 2.09. The third-order valence-corrected chi connectivity index (χ3v) is 2.59. The van der Waals surface area contributed by atoms with E-state index >= 15 is 0 Å². The fourth-order valence-corrected chi connectivity index (χ4v) is 1.52. The number of rotatable bonds is 4. The van der Waals surface area contributed by atoms with Gasteiger partial charge in [-0.15, -0.1) is 0 Å². The third-order valence-electron chi connectivity index (χ3n) is 2.59. The van der Waals surface area contributed by atoms with Crippen molar-refractivity contribution in [1.82, 2.24) is 0 Å². The number of ether oxygens (including phenoxy) is 2. The van der Waals surface area contributed by atoms with Gasteiger partial charge in [-0.3, -0.25) is 10.1 Å². The van der Waals surface area contributed by atoms with Gasteiger partial charge in [-0.05, 0) is 29.8 Å². The number of non-ortho nitro benzene ring substituents is 1. The Labute approximate surface area is 120 Å². The summed E-state index contributed by atoms with van der Waals surface area (Å²) < 4.78 is 9.80. The molecule has 0 aliphatic carbocycles. The molecule has 0 saturated carbocycles. The summed E-state index contributed by atoms with van der Waals surface area (Å²) in [6.45, 7) is 0.0477. The predicted octanol–water partition coefficient (Wildman–Crippen LogP) is 2.89. The van der Waals surface area contributed by atoms with Crippen molar-refractivity contribution in [3.8, 4) is 5.75 Å². The molecule has 7 nitrogen and oxygen atoms in total. The lowest BCUT2D eigenvalue weighted by Gasteiger charge is -2.06. The molecule has 0 aromatic heterocycles. The van der Waals surface area contributed by atoms with E-state index in [9.17, 15) is 14.9 Å². The Bertz CT molecular complexity index is 637. The first-order valence-corrected chi connectivity index (χ1v) is 5.98. The van der Waals surface area contributed by atoms with Crippen LogP contribution in [0, 0.1) is 10.1 Å². The average Bonchev–Trinajstić information content (AvgIpc) is 2.47. The number of hydrogen-bond acceptors (Lipinski definition) is 6. The fraction of sp³-hybridized carbons (Fsp3) is 0.0714. The summed E-state index contributed by atoms with van der Waals surface area (Å²) in [4.78, 5) is 21.4. The standard InChI is InChI=1S/C14H12N2O5/c15-11-3-1-10(2-4-11)9-20-14(17)21-13-7-5-12(6-8-13)16(18)19/h1-8H,9,15H2. The molecule has 0 spiro atoms. The van der Waals surface area contributed by atoms with E-state index in [0.717, 1.165) is 5.56 Å². The average molecular weight is 288 g/mol. The molecular weight excluding hydrogens is 276 g/mol. The molecule has 0 bridgehead atoms. The second-order valence-electron chi connectivity index (χ2n) is 4.13. The molecule has 2 aromatic carbocycles. The van der Waals surface area contributed by atoms with E-state index in [1.807, 2.05) is 0 Å². The number of nitro groups is 1. The highest BCUT2D eigenvalue weighted by Crippen LogP contribution is 2.18. The number of hydrogen-bond donors (Lipinski definition) is 1. The molecule has 2 rings (SSSR count). The van der Waals surface area contributed by atoms with Crippen molar-refractivity contribution in [2.45, 2.75) is 6.61 Å². The first kappa shape index (κ1) is 14.3. The molecule has 0 saturated heterocycles. The Hall–Kier alpha value is -3.09. The van der Waals surface area contributed by atoms with E-state index < -0.39 is 11.1 Å². The van der Waals surface area contributed by atoms with Crippen LogP contribution < -0.4 is 10.5 Å². The Morgan fingerprint density at radius 2 is 1.71 bits per heavy atom. The van der Waals surface area contributed by atoms with Crippen LogP contribution >= 0.6 is 0 Å². The summed E-state index contributed by atoms with van der Waals surface area (Å²) in [5.41, 5.74) is 6.84. The van der Waals surface area contributed by atoms with Gasteiger partial charge in [0.2, 0.25) is 0 Å². The van der Waals surface area contributed by atoms with Crippen LogP contribution in [0.5, 0.6) is 5.75 Å². The number of anilines is 1. The van der Waals surface area contributed by atoms with Gasteiger partial charge in [-0.1, -0.05) is 12.1 Å². The first-order chi connectivity index (χ1) is 10.0. The van der Waals surface area contributed by atoms with Crippen molar-refractivity contribution >= 4 is 17.5 Å². The summed E-state index contributed by atoms with van der Waals surface area (Å²) in [6.07, 6.45) is -0.888. The Kier molecular flexibility index (Phi) is 4.35. The van der Waals surface area contributed by atoms with Crippen molar-refractivity contribution in [2.75, 3.05) is 5.73 Å². The maximum absolute atomic E-state index is 11.5. The van der Waals surface area contributed by atoms with Gasteiger partial charge in [-0.25, -0.2) is 4.79 Å². The van der Waals surface area contributed by atoms with Gasteiger partial charge in [-0.2, -0.15) is 0 Å². The van der Waals surface area contributed by atoms with Gasteiger partial charge in [0.1, 0.15) is 12.4 Å². The molecule has 0 unspecified atom stereocenters. The van der Waals surface area contributed by atoms with Gasteiger partial charge in [0.05, 0.1) is 4.92 Å². The van der Waals surface area contributed by atoms with Crippen molar-refractivity contribution in [2.24, 2.45) is 0 Å². The van der Waals surface area contributed by atoms with Crippen LogP contribution in [-0.2, 0) is 11.3 Å². The van der Waals surface area contributed by atoms with Crippen molar-refractivity contribution in [3.05, 3.63) is 64.2 Å². The second-order valence-corrected chi connectivity index (χ2v) is 4.13. The number of benzene rings is 2. The normalized spacial score (nSPS) is 9.90. The summed E-state index contributed by atoms with van der Waals surface area (Å²) >= 11 is 0. The maximum atomic E-state index is 11.5. The van der Waals surface area contributed by atoms with E-state index in [1.54, 1.807) is 24.3 Å². The SMILES string of the molecule is Nc1ccc(COC(=O)Oc2ccc([N+](=O)[O-])cc2)cc1. The van der Waals surface area contributed by atoms with Crippen LogP contribution in [0.1, 0.15) is 5.56 Å². The highest BCUT2D eigenvalue weighted by molar-refractivity contribution is 5.64. The quantitative estimate of drug-likeness (QED) is 0.305. The maximum Gasteiger partial charge on any atom is 0.514 e. The van der Waals surface area contributed by atoms with Crippen molar-refractivity contribution in [1.29, 1.82) is 0 Å². The predicted molar refractivity (Wildman–Crippen MR) is 74.8 cm³/mol. The zero-order valence-electron chi connectivity index (χ0n) is 10.9. The molecule has 7 heteroatoms. The van der Waals surface area contributed by atoms with Gasteiger partial charge >= 0.3 is 6.16 Å². The monoisotopic (exact) mass is 288 g/mol. The summed E-state index contributed by atoms with van der Waals surface area (Å²) in [7, 11) is 0. The third kappa shape index (κ3) is 4.20. The zero-order valence-corrected chi connectivity index (χ0v) is 10.9. The molecule has 21 heavy (non-hydrogen) atoms. The van der Waals surface area contributed by atoms with Crippen LogP contribution in [0.2, 0.25) is 0 Å². The molecule has 0 aliphatic rings. The van der Waals surface area contributed by atoms with E-state index in [2.05, 4.69) is 0 Å². The summed E-state index contributed by atoms with van der Waals surface area (Å²) in [5, 5.41) is 10.5. The van der Waals surface area contributed by atoms with Crippen LogP contribution in [0.3, 0.4) is 0 Å². The molecule has 0 amide bonds. The molecule has 0 heterocycles. The van der Waals surface area contributed by atoms with Gasteiger partial charge in [0, 0.05) is 17.8 Å². The lowest BCUT2D eigenvalue weighted by molar-refractivity contribution is -0.384. The Balaban J connectivity index is 1.86. The molecule has 0 radical (unpaired) electrons. The largest absolute Gasteiger partial charge is 0.514 e. The van der Waals surface area contributed by atoms with Gasteiger partial charge in [0.15, 0.2) is 0 Å². The minimum Gasteiger partial charge on any atom is -0.429 e. The van der Waals surface area contributed by atoms with E-state index in [-0.39, 0.29) is 18.0 Å². The topological polar surface area (TPSA) is 105 Å². The lowest BCUT2D eigenvalue weighted by atomic mass is 10.2. The Morgan fingerprint density at radius 3 is 2.29 bits per heavy atom. The zero-order chi connectivity index (χ0) is 15.2. The van der Waals surface area contributed by atoms with Crippen molar-refractivity contribution < 1.29 is 19.2 Å². The fourth-order valence-electron chi connectivity index (χ4n) is 1.52. The number of nitro benzene ring substituents is 1. The number of nitrogen functional groups attached to an aromatic ring is 1. The number of carbonyl (C=O) groups excluding carboxylic acids is 1. The van der Waals surface area contributed by atoms with E-state index in [0.29, 0.717) is 5.69 Å². The smallest absolute Gasteiger partial charge is 0.429 e. The molecule has 108 valence electrons. The van der Waals surface area contributed by atoms with E-state index in [1.165, 1.54) is 24.3 Å². The van der Waals surface area contributed by atoms with Gasteiger partial charge < -0.3 is 15.2 Å². The second kappa shape index (κ2) is 6.38. The number of nitrogens with zero attached hydrogens (tertiary/aromatic N) is 1. The summed E-state index contributed by atoms with van der Waals surface area (Å²) in [5.74, 6) is 0.169. The lowest BCUT2D eigenvalue weighted by Crippen LogP contribution is -2.10. The number of carbonyl (C=O) groups is 1. The van der Waals surface area contributed by atoms with Gasteiger partial charge in [0.25, 0.3) is 5.69 Å². The molecule has 0 atom stereocenters. The van der Waals surface area contributed by atoms with Crippen LogP contribution in [0.4, 0.5) is 16.2 Å². The molecule has 0 aliphatic heterocycles. The van der Waals surface area contributed by atoms with Crippen LogP contribution in [-0.4, -0.2) is 11.1 Å². The first-order valence-electron chi connectivity index (χ1n) is 5.98. The van der Waals surface area contributed by atoms with Crippen molar-refractivity contribution in [3.63, 3.8) is 0 Å². The van der Waals surface area contributed by atoms with E-state index in [4.69, 9.17) is 15.2 Å².